The van der Waals surface area contributed by atoms with E-state index in [0.717, 1.165) is 22.9 Å². The van der Waals surface area contributed by atoms with Crippen LogP contribution in [0.1, 0.15) is 24.9 Å². The number of halogens is 2. The highest BCUT2D eigenvalue weighted by Gasteiger charge is 2.16. The highest BCUT2D eigenvalue weighted by Crippen LogP contribution is 2.30. The summed E-state index contributed by atoms with van der Waals surface area (Å²) in [6.07, 6.45) is 3.88. The summed E-state index contributed by atoms with van der Waals surface area (Å²) in [5, 5.41) is 4.11. The summed E-state index contributed by atoms with van der Waals surface area (Å²) in [7, 11) is 0. The second-order valence-corrected chi connectivity index (χ2v) is 6.11. The lowest BCUT2D eigenvalue weighted by Crippen LogP contribution is -2.25. The van der Waals surface area contributed by atoms with E-state index in [1.807, 2.05) is 24.3 Å². The minimum absolute atomic E-state index is 0.0609. The zero-order valence-corrected chi connectivity index (χ0v) is 13.4. The Kier molecular flexibility index (Phi) is 6.49. The molecule has 2 rings (SSSR count). The van der Waals surface area contributed by atoms with Gasteiger partial charge in [0, 0.05) is 28.5 Å². The minimum Gasteiger partial charge on any atom is -0.309 e. The van der Waals surface area contributed by atoms with Crippen LogP contribution < -0.4 is 5.32 Å². The molecule has 0 aliphatic carbocycles. The SMILES string of the molecule is CCCNC(CSc1ccccc1Cl)c1ccncc1F. The van der Waals surface area contributed by atoms with E-state index in [2.05, 4.69) is 17.2 Å². The van der Waals surface area contributed by atoms with Crippen molar-refractivity contribution in [1.82, 2.24) is 10.3 Å². The molecule has 1 aromatic heterocycles. The Hall–Kier alpha value is -1.10. The Morgan fingerprint density at radius 1 is 1.33 bits per heavy atom. The summed E-state index contributed by atoms with van der Waals surface area (Å²) >= 11 is 7.79. The van der Waals surface area contributed by atoms with Crippen LogP contribution in [0.5, 0.6) is 0 Å². The van der Waals surface area contributed by atoms with Crippen molar-refractivity contribution >= 4 is 23.4 Å². The van der Waals surface area contributed by atoms with Crippen LogP contribution in [0.25, 0.3) is 0 Å². The first-order valence-electron chi connectivity index (χ1n) is 6.92. The molecule has 1 atom stereocenters. The molecular formula is C16H18ClFN2S. The Bertz CT molecular complexity index is 580. The third kappa shape index (κ3) is 4.70. The Morgan fingerprint density at radius 3 is 2.86 bits per heavy atom. The van der Waals surface area contributed by atoms with Gasteiger partial charge < -0.3 is 5.32 Å². The first-order chi connectivity index (χ1) is 10.2. The number of pyridine rings is 1. The molecule has 5 heteroatoms. The van der Waals surface area contributed by atoms with Crippen LogP contribution in [0.15, 0.2) is 47.6 Å². The summed E-state index contributed by atoms with van der Waals surface area (Å²) in [5.41, 5.74) is 0.651. The summed E-state index contributed by atoms with van der Waals surface area (Å²) in [5.74, 6) is 0.441. The normalized spacial score (nSPS) is 12.3. The van der Waals surface area contributed by atoms with E-state index in [-0.39, 0.29) is 11.9 Å². The smallest absolute Gasteiger partial charge is 0.146 e. The highest BCUT2D eigenvalue weighted by molar-refractivity contribution is 7.99. The lowest BCUT2D eigenvalue weighted by Gasteiger charge is -2.19. The zero-order chi connectivity index (χ0) is 15.1. The van der Waals surface area contributed by atoms with Crippen LogP contribution >= 0.6 is 23.4 Å². The Morgan fingerprint density at radius 2 is 2.14 bits per heavy atom. The average molecular weight is 325 g/mol. The molecule has 1 unspecified atom stereocenters. The van der Waals surface area contributed by atoms with Crippen molar-refractivity contribution in [1.29, 1.82) is 0 Å². The van der Waals surface area contributed by atoms with Gasteiger partial charge in [0.2, 0.25) is 0 Å². The molecule has 0 aliphatic heterocycles. The van der Waals surface area contributed by atoms with Crippen LogP contribution in [0.2, 0.25) is 5.02 Å². The molecule has 0 bridgehead atoms. The maximum Gasteiger partial charge on any atom is 0.146 e. The highest BCUT2D eigenvalue weighted by atomic mass is 35.5. The number of hydrogen-bond acceptors (Lipinski definition) is 3. The van der Waals surface area contributed by atoms with Crippen LogP contribution in [0.4, 0.5) is 4.39 Å². The van der Waals surface area contributed by atoms with Gasteiger partial charge in [0.25, 0.3) is 0 Å². The van der Waals surface area contributed by atoms with Gasteiger partial charge in [0.1, 0.15) is 5.82 Å². The van der Waals surface area contributed by atoms with Crippen LogP contribution in [0, 0.1) is 5.82 Å². The van der Waals surface area contributed by atoms with Crippen molar-refractivity contribution in [2.45, 2.75) is 24.3 Å². The summed E-state index contributed by atoms with van der Waals surface area (Å²) in [6, 6.07) is 9.38. The van der Waals surface area contributed by atoms with Crippen molar-refractivity contribution in [3.63, 3.8) is 0 Å². The summed E-state index contributed by atoms with van der Waals surface area (Å²) < 4.78 is 13.9. The molecule has 0 amide bonds. The van der Waals surface area contributed by atoms with Crippen LogP contribution in [-0.2, 0) is 0 Å². The fourth-order valence-electron chi connectivity index (χ4n) is 1.98. The van der Waals surface area contributed by atoms with Crippen molar-refractivity contribution in [3.8, 4) is 0 Å². The van der Waals surface area contributed by atoms with E-state index in [1.165, 1.54) is 6.20 Å². The first kappa shape index (κ1) is 16.3. The van der Waals surface area contributed by atoms with E-state index < -0.39 is 0 Å². The van der Waals surface area contributed by atoms with Gasteiger partial charge in [-0.3, -0.25) is 4.98 Å². The molecule has 2 nitrogen and oxygen atoms in total. The van der Waals surface area contributed by atoms with Crippen molar-refractivity contribution in [2.75, 3.05) is 12.3 Å². The van der Waals surface area contributed by atoms with Crippen molar-refractivity contribution in [3.05, 3.63) is 59.1 Å². The van der Waals surface area contributed by atoms with Crippen LogP contribution in [0.3, 0.4) is 0 Å². The number of nitrogens with zero attached hydrogens (tertiary/aromatic N) is 1. The van der Waals surface area contributed by atoms with E-state index in [0.29, 0.717) is 11.3 Å². The molecule has 0 aliphatic rings. The number of thioether (sulfide) groups is 1. The molecule has 1 heterocycles. The fourth-order valence-corrected chi connectivity index (χ4v) is 3.30. The quantitative estimate of drug-likeness (QED) is 0.747. The topological polar surface area (TPSA) is 24.9 Å². The standard InChI is InChI=1S/C16H18ClFN2S/c1-2-8-20-15(12-7-9-19-10-14(12)18)11-21-16-6-4-3-5-13(16)17/h3-7,9-10,15,20H,2,8,11H2,1H3. The zero-order valence-electron chi connectivity index (χ0n) is 11.9. The lowest BCUT2D eigenvalue weighted by molar-refractivity contribution is 0.529. The fraction of sp³-hybridized carbons (Fsp3) is 0.312. The molecule has 1 N–H and O–H groups in total. The molecule has 0 fully saturated rings. The molecular weight excluding hydrogens is 307 g/mol. The van der Waals surface area contributed by atoms with E-state index in [4.69, 9.17) is 11.6 Å². The molecule has 2 aromatic rings. The van der Waals surface area contributed by atoms with Crippen LogP contribution in [-0.4, -0.2) is 17.3 Å². The molecule has 0 radical (unpaired) electrons. The Labute approximate surface area is 134 Å². The number of rotatable bonds is 7. The largest absolute Gasteiger partial charge is 0.309 e. The van der Waals surface area contributed by atoms with Gasteiger partial charge in [-0.2, -0.15) is 0 Å². The Balaban J connectivity index is 2.10. The molecule has 112 valence electrons. The molecule has 0 saturated heterocycles. The first-order valence-corrected chi connectivity index (χ1v) is 8.29. The summed E-state index contributed by atoms with van der Waals surface area (Å²) in [4.78, 5) is 4.82. The second kappa shape index (κ2) is 8.37. The molecule has 0 spiro atoms. The summed E-state index contributed by atoms with van der Waals surface area (Å²) in [6.45, 7) is 2.93. The maximum atomic E-state index is 13.9. The number of nitrogens with one attached hydrogen (secondary N) is 1. The van der Waals surface area contributed by atoms with Gasteiger partial charge in [-0.05, 0) is 31.2 Å². The predicted octanol–water partition coefficient (Wildman–Crippen LogP) is 4.71. The van der Waals surface area contributed by atoms with E-state index in [9.17, 15) is 4.39 Å². The van der Waals surface area contributed by atoms with Gasteiger partial charge in [0.05, 0.1) is 11.2 Å². The lowest BCUT2D eigenvalue weighted by atomic mass is 10.1. The van der Waals surface area contributed by atoms with E-state index in [1.54, 1.807) is 24.0 Å². The van der Waals surface area contributed by atoms with Crippen molar-refractivity contribution < 1.29 is 4.39 Å². The average Bonchev–Trinajstić information content (AvgIpc) is 2.50. The van der Waals surface area contributed by atoms with Gasteiger partial charge in [0.15, 0.2) is 0 Å². The van der Waals surface area contributed by atoms with Gasteiger partial charge in [-0.15, -0.1) is 11.8 Å². The molecule has 0 saturated carbocycles. The predicted molar refractivity (Wildman–Crippen MR) is 87.4 cm³/mol. The number of hydrogen-bond donors (Lipinski definition) is 1. The van der Waals surface area contributed by atoms with Gasteiger partial charge in [-0.1, -0.05) is 30.7 Å². The third-order valence-electron chi connectivity index (χ3n) is 3.06. The maximum absolute atomic E-state index is 13.9. The number of benzene rings is 1. The third-order valence-corrected chi connectivity index (χ3v) is 4.67. The molecule has 21 heavy (non-hydrogen) atoms. The van der Waals surface area contributed by atoms with Crippen molar-refractivity contribution in [2.24, 2.45) is 0 Å². The monoisotopic (exact) mass is 324 g/mol. The van der Waals surface area contributed by atoms with Gasteiger partial charge >= 0.3 is 0 Å². The van der Waals surface area contributed by atoms with E-state index >= 15 is 0 Å². The number of aromatic nitrogens is 1. The van der Waals surface area contributed by atoms with Gasteiger partial charge in [-0.25, -0.2) is 4.39 Å². The minimum atomic E-state index is -0.272. The second-order valence-electron chi connectivity index (χ2n) is 4.65. The molecule has 1 aromatic carbocycles.